The van der Waals surface area contributed by atoms with Gasteiger partial charge < -0.3 is 15.0 Å². The Kier molecular flexibility index (Phi) is 6.39. The van der Waals surface area contributed by atoms with Crippen LogP contribution in [-0.4, -0.2) is 27.6 Å². The van der Waals surface area contributed by atoms with Crippen LogP contribution in [0, 0.1) is 5.92 Å². The molecule has 0 aromatic carbocycles. The summed E-state index contributed by atoms with van der Waals surface area (Å²) in [4.78, 5) is 36.8. The topological polar surface area (TPSA) is 88.4 Å². The van der Waals surface area contributed by atoms with Gasteiger partial charge in [0.1, 0.15) is 11.6 Å². The Hall–Kier alpha value is -2.11. The zero-order valence-electron chi connectivity index (χ0n) is 15.3. The van der Waals surface area contributed by atoms with Crippen LogP contribution in [0.2, 0.25) is 0 Å². The number of fused-ring (bicyclic) bond motifs is 1. The summed E-state index contributed by atoms with van der Waals surface area (Å²) in [5.41, 5.74) is 1.84. The lowest BCUT2D eigenvalue weighted by Crippen LogP contribution is -2.46. The highest BCUT2D eigenvalue weighted by Gasteiger charge is 2.27. The molecule has 0 radical (unpaired) electrons. The van der Waals surface area contributed by atoms with E-state index in [0.717, 1.165) is 49.8 Å². The highest BCUT2D eigenvalue weighted by Crippen LogP contribution is 2.21. The predicted molar refractivity (Wildman–Crippen MR) is 96.0 cm³/mol. The van der Waals surface area contributed by atoms with Crippen LogP contribution in [0.15, 0.2) is 10.9 Å². The van der Waals surface area contributed by atoms with E-state index in [1.165, 1.54) is 0 Å². The number of amides is 1. The number of rotatable bonds is 7. The number of hydrogen-bond donors (Lipinski definition) is 2. The summed E-state index contributed by atoms with van der Waals surface area (Å²) in [5, 5.41) is 11.8. The highest BCUT2D eigenvalue weighted by atomic mass is 16.4. The van der Waals surface area contributed by atoms with Gasteiger partial charge in [-0.2, -0.15) is 0 Å². The fourth-order valence-corrected chi connectivity index (χ4v) is 3.33. The van der Waals surface area contributed by atoms with Crippen LogP contribution in [0.1, 0.15) is 68.1 Å². The fraction of sp³-hybridized carbons (Fsp3) is 0.632. The molecule has 138 valence electrons. The first-order chi connectivity index (χ1) is 11.9. The van der Waals surface area contributed by atoms with Gasteiger partial charge in [-0.15, -0.1) is 0 Å². The summed E-state index contributed by atoms with van der Waals surface area (Å²) in [5.74, 6) is -1.95. The third kappa shape index (κ3) is 4.30. The van der Waals surface area contributed by atoms with Crippen LogP contribution < -0.4 is 10.9 Å². The zero-order valence-corrected chi connectivity index (χ0v) is 15.3. The lowest BCUT2D eigenvalue weighted by atomic mass is 9.94. The molecule has 0 bridgehead atoms. The first-order valence-corrected chi connectivity index (χ1v) is 9.16. The largest absolute Gasteiger partial charge is 0.480 e. The molecule has 2 rings (SSSR count). The number of aryl methyl sites for hydroxylation is 1. The van der Waals surface area contributed by atoms with Gasteiger partial charge in [0, 0.05) is 12.2 Å². The number of pyridine rings is 1. The van der Waals surface area contributed by atoms with Crippen LogP contribution in [0.25, 0.3) is 0 Å². The molecule has 1 atom stereocenters. The monoisotopic (exact) mass is 348 g/mol. The molecule has 25 heavy (non-hydrogen) atoms. The van der Waals surface area contributed by atoms with Crippen molar-refractivity contribution in [1.82, 2.24) is 9.88 Å². The van der Waals surface area contributed by atoms with Gasteiger partial charge in [-0.3, -0.25) is 9.59 Å². The molecule has 0 spiro atoms. The second-order valence-electron chi connectivity index (χ2n) is 7.08. The lowest BCUT2D eigenvalue weighted by Gasteiger charge is -2.23. The molecule has 0 saturated heterocycles. The van der Waals surface area contributed by atoms with E-state index < -0.39 is 17.9 Å². The minimum absolute atomic E-state index is 0.0589. The van der Waals surface area contributed by atoms with Crippen molar-refractivity contribution in [2.75, 3.05) is 0 Å². The number of nitrogens with zero attached hydrogens (tertiary/aromatic N) is 1. The summed E-state index contributed by atoms with van der Waals surface area (Å²) in [6, 6.07) is 0.667. The van der Waals surface area contributed by atoms with Crippen molar-refractivity contribution in [2.45, 2.75) is 71.9 Å². The Morgan fingerprint density at radius 3 is 2.56 bits per heavy atom. The number of carbonyl (C=O) groups is 2. The van der Waals surface area contributed by atoms with E-state index in [1.54, 1.807) is 24.5 Å². The van der Waals surface area contributed by atoms with Crippen molar-refractivity contribution >= 4 is 11.9 Å². The first kappa shape index (κ1) is 19.2. The lowest BCUT2D eigenvalue weighted by molar-refractivity contribution is -0.140. The zero-order chi connectivity index (χ0) is 18.6. The van der Waals surface area contributed by atoms with Gasteiger partial charge in [-0.25, -0.2) is 4.79 Å². The maximum atomic E-state index is 12.9. The molecule has 0 fully saturated rings. The SMILES string of the molecule is CCCCn1c2c(cc(C(=O)N[C@H](C(=O)O)C(C)C)c1=O)CCCC2. The van der Waals surface area contributed by atoms with Gasteiger partial charge in [0.15, 0.2) is 0 Å². The van der Waals surface area contributed by atoms with E-state index in [0.29, 0.717) is 6.54 Å². The standard InChI is InChI=1S/C19H28N2O4/c1-4-5-10-21-15-9-7-6-8-13(15)11-14(18(21)23)17(22)20-16(12(2)3)19(24)25/h11-12,16H,4-10H2,1-3H3,(H,20,22)(H,24,25)/t16-/m0/s1. The van der Waals surface area contributed by atoms with E-state index in [9.17, 15) is 19.5 Å². The molecule has 2 N–H and O–H groups in total. The number of carbonyl (C=O) groups excluding carboxylic acids is 1. The minimum Gasteiger partial charge on any atom is -0.480 e. The Bertz CT molecular complexity index is 706. The molecular weight excluding hydrogens is 320 g/mol. The van der Waals surface area contributed by atoms with Gasteiger partial charge in [0.05, 0.1) is 0 Å². The summed E-state index contributed by atoms with van der Waals surface area (Å²) in [6.45, 7) is 6.12. The molecule has 1 aliphatic carbocycles. The van der Waals surface area contributed by atoms with Crippen LogP contribution in [0.5, 0.6) is 0 Å². The van der Waals surface area contributed by atoms with Crippen LogP contribution in [0.4, 0.5) is 0 Å². The van der Waals surface area contributed by atoms with Crippen molar-refractivity contribution in [3.05, 3.63) is 33.2 Å². The molecule has 1 aromatic heterocycles. The maximum Gasteiger partial charge on any atom is 0.326 e. The van der Waals surface area contributed by atoms with Crippen LogP contribution in [0.3, 0.4) is 0 Å². The number of nitrogens with one attached hydrogen (secondary N) is 1. The minimum atomic E-state index is -1.09. The maximum absolute atomic E-state index is 12.9. The Morgan fingerprint density at radius 1 is 1.28 bits per heavy atom. The predicted octanol–water partition coefficient (Wildman–Crippen LogP) is 2.37. The number of unbranched alkanes of at least 4 members (excludes halogenated alkanes) is 1. The first-order valence-electron chi connectivity index (χ1n) is 9.16. The third-order valence-corrected chi connectivity index (χ3v) is 4.80. The van der Waals surface area contributed by atoms with Crippen molar-refractivity contribution in [2.24, 2.45) is 5.92 Å². The van der Waals surface area contributed by atoms with Crippen molar-refractivity contribution in [1.29, 1.82) is 0 Å². The van der Waals surface area contributed by atoms with E-state index in [4.69, 9.17) is 0 Å². The van der Waals surface area contributed by atoms with Gasteiger partial charge in [0.25, 0.3) is 11.5 Å². The quantitative estimate of drug-likeness (QED) is 0.792. The number of hydrogen-bond acceptors (Lipinski definition) is 3. The number of carboxylic acids is 1. The second kappa shape index (κ2) is 8.32. The van der Waals surface area contributed by atoms with Gasteiger partial charge in [-0.05, 0) is 49.7 Å². The summed E-state index contributed by atoms with van der Waals surface area (Å²) >= 11 is 0. The molecule has 1 amide bonds. The smallest absolute Gasteiger partial charge is 0.326 e. The van der Waals surface area contributed by atoms with Gasteiger partial charge in [0.2, 0.25) is 0 Å². The van der Waals surface area contributed by atoms with E-state index in [2.05, 4.69) is 12.2 Å². The van der Waals surface area contributed by atoms with E-state index in [-0.39, 0.29) is 17.0 Å². The average molecular weight is 348 g/mol. The Morgan fingerprint density at radius 2 is 1.96 bits per heavy atom. The van der Waals surface area contributed by atoms with E-state index in [1.807, 2.05) is 0 Å². The number of carboxylic acid groups (broad SMARTS) is 1. The molecule has 0 saturated carbocycles. The fourth-order valence-electron chi connectivity index (χ4n) is 3.33. The molecule has 6 heteroatoms. The van der Waals surface area contributed by atoms with E-state index >= 15 is 0 Å². The molecule has 0 unspecified atom stereocenters. The molecule has 1 heterocycles. The normalized spacial score (nSPS) is 14.9. The van der Waals surface area contributed by atoms with Crippen molar-refractivity contribution in [3.8, 4) is 0 Å². The van der Waals surface area contributed by atoms with Crippen LogP contribution >= 0.6 is 0 Å². The Balaban J connectivity index is 2.41. The molecule has 1 aromatic rings. The molecular formula is C19H28N2O4. The van der Waals surface area contributed by atoms with Crippen molar-refractivity contribution < 1.29 is 14.7 Å². The summed E-state index contributed by atoms with van der Waals surface area (Å²) < 4.78 is 1.73. The molecule has 1 aliphatic rings. The molecule has 0 aliphatic heterocycles. The second-order valence-corrected chi connectivity index (χ2v) is 7.08. The average Bonchev–Trinajstić information content (AvgIpc) is 2.57. The number of aliphatic carboxylic acids is 1. The Labute approximate surface area is 148 Å². The molecule has 6 nitrogen and oxygen atoms in total. The van der Waals surface area contributed by atoms with Crippen molar-refractivity contribution in [3.63, 3.8) is 0 Å². The summed E-state index contributed by atoms with van der Waals surface area (Å²) in [6.07, 6.45) is 5.66. The number of aromatic nitrogens is 1. The highest BCUT2D eigenvalue weighted by molar-refractivity contribution is 5.96. The third-order valence-electron chi connectivity index (χ3n) is 4.80. The van der Waals surface area contributed by atoms with Gasteiger partial charge >= 0.3 is 5.97 Å². The van der Waals surface area contributed by atoms with Crippen LogP contribution in [-0.2, 0) is 24.2 Å². The van der Waals surface area contributed by atoms with Gasteiger partial charge in [-0.1, -0.05) is 27.2 Å². The summed E-state index contributed by atoms with van der Waals surface area (Å²) in [7, 11) is 0.